The van der Waals surface area contributed by atoms with Crippen LogP contribution in [-0.2, 0) is 19.1 Å². The summed E-state index contributed by atoms with van der Waals surface area (Å²) in [6.45, 7) is -1.97. The van der Waals surface area contributed by atoms with Crippen LogP contribution in [0.3, 0.4) is 0 Å². The first-order valence-electron chi connectivity index (χ1n) is 6.87. The summed E-state index contributed by atoms with van der Waals surface area (Å²) in [6, 6.07) is -1.62. The summed E-state index contributed by atoms with van der Waals surface area (Å²) in [7, 11) is 0. The van der Waals surface area contributed by atoms with Gasteiger partial charge in [0.1, 0.15) is 24.9 Å². The van der Waals surface area contributed by atoms with E-state index in [1.54, 1.807) is 5.32 Å². The number of amides is 1. The number of alkyl halides is 3. The molecule has 0 aromatic heterocycles. The zero-order valence-corrected chi connectivity index (χ0v) is 12.3. The molecule has 2 unspecified atom stereocenters. The minimum absolute atomic E-state index is 0.0970. The smallest absolute Gasteiger partial charge is 0.471 e. The zero-order valence-electron chi connectivity index (χ0n) is 12.3. The van der Waals surface area contributed by atoms with Gasteiger partial charge >= 0.3 is 18.1 Å². The van der Waals surface area contributed by atoms with E-state index in [4.69, 9.17) is 19.7 Å². The first-order valence-corrected chi connectivity index (χ1v) is 6.87. The van der Waals surface area contributed by atoms with Crippen molar-refractivity contribution in [1.82, 2.24) is 5.32 Å². The summed E-state index contributed by atoms with van der Waals surface area (Å²) in [5, 5.41) is 38.7. The van der Waals surface area contributed by atoms with Crippen molar-refractivity contribution in [3.63, 3.8) is 0 Å². The standard InChI is InChI=1S/C12H18F3NO8/c13-12(14,15)11(22)16-8-5(18)1-2-23-10(8)9(6(19)3-17)24-4-7(20)21/h5-6,8-10,17-19H,1-4H2,(H,16,22)(H,20,21)/t5?,6-,8-,9+,10?/m1/s1. The van der Waals surface area contributed by atoms with Crippen LogP contribution < -0.4 is 5.32 Å². The van der Waals surface area contributed by atoms with Crippen LogP contribution in [0.1, 0.15) is 6.42 Å². The highest BCUT2D eigenvalue weighted by molar-refractivity contribution is 5.82. The van der Waals surface area contributed by atoms with E-state index in [1.165, 1.54) is 0 Å². The third kappa shape index (κ3) is 5.56. The fraction of sp³-hybridized carbons (Fsp3) is 0.833. The van der Waals surface area contributed by atoms with Gasteiger partial charge in [-0.25, -0.2) is 4.79 Å². The van der Waals surface area contributed by atoms with Crippen LogP contribution in [0.5, 0.6) is 0 Å². The molecule has 1 fully saturated rings. The summed E-state index contributed by atoms with van der Waals surface area (Å²) in [5.74, 6) is -3.77. The highest BCUT2D eigenvalue weighted by atomic mass is 19.4. The SMILES string of the molecule is O=C(O)CO[C@H](C1OCCC(O)[C@H]1NC(=O)C(F)(F)F)[C@H](O)CO. The minimum atomic E-state index is -5.21. The number of carbonyl (C=O) groups is 2. The van der Waals surface area contributed by atoms with Gasteiger partial charge in [-0.15, -0.1) is 0 Å². The highest BCUT2D eigenvalue weighted by Gasteiger charge is 2.47. The maximum atomic E-state index is 12.4. The number of aliphatic hydroxyl groups excluding tert-OH is 3. The second kappa shape index (κ2) is 8.58. The van der Waals surface area contributed by atoms with Crippen molar-refractivity contribution in [1.29, 1.82) is 0 Å². The van der Waals surface area contributed by atoms with Crippen LogP contribution >= 0.6 is 0 Å². The summed E-state index contributed by atoms with van der Waals surface area (Å²) >= 11 is 0. The van der Waals surface area contributed by atoms with Crippen molar-refractivity contribution >= 4 is 11.9 Å². The third-order valence-corrected chi connectivity index (χ3v) is 3.34. The van der Waals surface area contributed by atoms with Gasteiger partial charge < -0.3 is 35.2 Å². The second-order valence-electron chi connectivity index (χ2n) is 5.11. The molecule has 1 heterocycles. The van der Waals surface area contributed by atoms with E-state index in [9.17, 15) is 33.0 Å². The molecule has 9 nitrogen and oxygen atoms in total. The van der Waals surface area contributed by atoms with Crippen LogP contribution in [0.2, 0.25) is 0 Å². The van der Waals surface area contributed by atoms with Gasteiger partial charge in [0.2, 0.25) is 0 Å². The quantitative estimate of drug-likeness (QED) is 0.350. The van der Waals surface area contributed by atoms with E-state index < -0.39 is 61.7 Å². The topological polar surface area (TPSA) is 146 Å². The number of halogens is 3. The van der Waals surface area contributed by atoms with Crippen molar-refractivity contribution in [2.75, 3.05) is 19.8 Å². The molecule has 0 saturated carbocycles. The predicted molar refractivity (Wildman–Crippen MR) is 68.8 cm³/mol. The molecule has 1 amide bonds. The molecule has 5 atom stereocenters. The van der Waals surface area contributed by atoms with Gasteiger partial charge in [0.25, 0.3) is 0 Å². The average Bonchev–Trinajstić information content (AvgIpc) is 2.48. The molecule has 0 bridgehead atoms. The number of carbonyl (C=O) groups excluding carboxylic acids is 1. The maximum Gasteiger partial charge on any atom is 0.471 e. The molecule has 0 spiro atoms. The molecule has 0 radical (unpaired) electrons. The predicted octanol–water partition coefficient (Wildman–Crippen LogP) is -1.99. The van der Waals surface area contributed by atoms with Gasteiger partial charge in [-0.05, 0) is 6.42 Å². The Bertz CT molecular complexity index is 447. The summed E-state index contributed by atoms with van der Waals surface area (Å²) in [5.41, 5.74) is 0. The van der Waals surface area contributed by atoms with Crippen molar-refractivity contribution < 1.29 is 52.7 Å². The number of nitrogens with one attached hydrogen (secondary N) is 1. The molecule has 0 aromatic rings. The summed E-state index contributed by atoms with van der Waals surface area (Å²) in [6.07, 6.45) is -11.5. The fourth-order valence-electron chi connectivity index (χ4n) is 2.23. The molecular weight excluding hydrogens is 343 g/mol. The number of hydrogen-bond donors (Lipinski definition) is 5. The van der Waals surface area contributed by atoms with E-state index in [0.29, 0.717) is 0 Å². The number of ether oxygens (including phenoxy) is 2. The Morgan fingerprint density at radius 3 is 2.50 bits per heavy atom. The number of hydrogen-bond acceptors (Lipinski definition) is 7. The van der Waals surface area contributed by atoms with Crippen LogP contribution in [0.4, 0.5) is 13.2 Å². The lowest BCUT2D eigenvalue weighted by Gasteiger charge is -2.40. The summed E-state index contributed by atoms with van der Waals surface area (Å²) < 4.78 is 47.2. The number of rotatable bonds is 7. The molecule has 1 saturated heterocycles. The molecule has 24 heavy (non-hydrogen) atoms. The largest absolute Gasteiger partial charge is 0.480 e. The van der Waals surface area contributed by atoms with Gasteiger partial charge in [0, 0.05) is 6.61 Å². The van der Waals surface area contributed by atoms with Crippen molar-refractivity contribution in [2.45, 2.75) is 43.1 Å². The number of carboxylic acid groups (broad SMARTS) is 1. The van der Waals surface area contributed by atoms with Gasteiger partial charge in [0.15, 0.2) is 0 Å². The van der Waals surface area contributed by atoms with Crippen LogP contribution in [0.15, 0.2) is 0 Å². The van der Waals surface area contributed by atoms with Crippen LogP contribution in [0, 0.1) is 0 Å². The number of aliphatic hydroxyl groups is 3. The first-order chi connectivity index (χ1) is 11.1. The van der Waals surface area contributed by atoms with Crippen LogP contribution in [-0.4, -0.2) is 88.8 Å². The van der Waals surface area contributed by atoms with Crippen molar-refractivity contribution in [2.24, 2.45) is 0 Å². The number of carboxylic acids is 1. The lowest BCUT2D eigenvalue weighted by atomic mass is 9.92. The average molecular weight is 361 g/mol. The Hall–Kier alpha value is -1.47. The van der Waals surface area contributed by atoms with Crippen molar-refractivity contribution in [3.8, 4) is 0 Å². The normalized spacial score (nSPS) is 27.3. The zero-order chi connectivity index (χ0) is 18.5. The molecule has 1 aliphatic heterocycles. The highest BCUT2D eigenvalue weighted by Crippen LogP contribution is 2.24. The van der Waals surface area contributed by atoms with E-state index in [2.05, 4.69) is 0 Å². The van der Waals surface area contributed by atoms with Gasteiger partial charge in [0.05, 0.1) is 18.8 Å². The van der Waals surface area contributed by atoms with Gasteiger partial charge in [-0.3, -0.25) is 4.79 Å². The minimum Gasteiger partial charge on any atom is -0.480 e. The Kier molecular flexibility index (Phi) is 7.35. The lowest BCUT2D eigenvalue weighted by Crippen LogP contribution is -2.63. The molecule has 140 valence electrons. The maximum absolute atomic E-state index is 12.4. The molecule has 0 aromatic carbocycles. The Balaban J connectivity index is 2.98. The Morgan fingerprint density at radius 1 is 1.38 bits per heavy atom. The van der Waals surface area contributed by atoms with E-state index >= 15 is 0 Å². The van der Waals surface area contributed by atoms with Crippen LogP contribution in [0.25, 0.3) is 0 Å². The monoisotopic (exact) mass is 361 g/mol. The third-order valence-electron chi connectivity index (χ3n) is 3.34. The second-order valence-corrected chi connectivity index (χ2v) is 5.11. The molecule has 12 heteroatoms. The van der Waals surface area contributed by atoms with Crippen molar-refractivity contribution in [3.05, 3.63) is 0 Å². The van der Waals surface area contributed by atoms with Gasteiger partial charge in [-0.2, -0.15) is 13.2 Å². The molecule has 1 rings (SSSR count). The summed E-state index contributed by atoms with van der Waals surface area (Å²) in [4.78, 5) is 21.7. The Morgan fingerprint density at radius 2 is 2.00 bits per heavy atom. The first kappa shape index (κ1) is 20.6. The number of aliphatic carboxylic acids is 1. The fourth-order valence-corrected chi connectivity index (χ4v) is 2.23. The van der Waals surface area contributed by atoms with Gasteiger partial charge in [-0.1, -0.05) is 0 Å². The molecular formula is C12H18F3NO8. The lowest BCUT2D eigenvalue weighted by molar-refractivity contribution is -0.191. The molecule has 1 aliphatic rings. The van der Waals surface area contributed by atoms with E-state index in [-0.39, 0.29) is 13.0 Å². The molecule has 5 N–H and O–H groups in total. The Labute approximate surface area is 134 Å². The van der Waals surface area contributed by atoms with E-state index in [0.717, 1.165) is 0 Å². The van der Waals surface area contributed by atoms with E-state index in [1.807, 2.05) is 0 Å². The molecule has 0 aliphatic carbocycles.